The van der Waals surface area contributed by atoms with Crippen molar-refractivity contribution in [2.75, 3.05) is 0 Å². The number of benzene rings is 5. The van der Waals surface area contributed by atoms with Gasteiger partial charge in [0, 0.05) is 31.9 Å². The van der Waals surface area contributed by atoms with Crippen LogP contribution in [0, 0.1) is 0 Å². The van der Waals surface area contributed by atoms with Crippen molar-refractivity contribution in [3.05, 3.63) is 132 Å². The smallest absolute Gasteiger partial charge is 0.0719 e. The third-order valence-corrected chi connectivity index (χ3v) is 10.2. The number of aromatic nitrogens is 1. The molecular formula is C40H33NS. The SMILES string of the molecule is CC/C=C\C=C1/CC(C)(C)c2ccc3sc4c(ccc5c6ccccc6n(-c6ccc(-c7ccccc7)cc6)c54)c3c21. The second-order valence-electron chi connectivity index (χ2n) is 12.2. The van der Waals surface area contributed by atoms with Gasteiger partial charge < -0.3 is 4.57 Å². The molecule has 0 spiro atoms. The van der Waals surface area contributed by atoms with Gasteiger partial charge in [0.05, 0.1) is 15.7 Å². The summed E-state index contributed by atoms with van der Waals surface area (Å²) < 4.78 is 5.23. The fourth-order valence-electron chi connectivity index (χ4n) is 7.10. The second kappa shape index (κ2) is 9.58. The van der Waals surface area contributed by atoms with Gasteiger partial charge in [-0.25, -0.2) is 0 Å². The Hall–Kier alpha value is -4.40. The van der Waals surface area contributed by atoms with Crippen molar-refractivity contribution >= 4 is 58.9 Å². The minimum atomic E-state index is 0.128. The van der Waals surface area contributed by atoms with E-state index in [0.29, 0.717) is 0 Å². The normalized spacial score (nSPS) is 15.6. The molecule has 0 saturated carbocycles. The van der Waals surface area contributed by atoms with Crippen molar-refractivity contribution in [2.45, 2.75) is 39.0 Å². The highest BCUT2D eigenvalue weighted by atomic mass is 32.1. The standard InChI is InChI=1S/C40H33NS/c1-4-5-7-14-28-25-40(2,3)33-23-24-35-37(36(28)33)32-22-21-31-30-15-10-11-16-34(30)41(38(31)39(32)42-35)29-19-17-27(18-20-29)26-12-8-6-9-13-26/h5-24H,4,25H2,1-3H3/b7-5-,28-14+. The Morgan fingerprint density at radius 2 is 1.50 bits per heavy atom. The first kappa shape index (κ1) is 25.3. The summed E-state index contributed by atoms with van der Waals surface area (Å²) in [4.78, 5) is 0. The average molecular weight is 560 g/mol. The Kier molecular flexibility index (Phi) is 5.77. The van der Waals surface area contributed by atoms with Gasteiger partial charge in [-0.2, -0.15) is 0 Å². The first-order chi connectivity index (χ1) is 20.5. The van der Waals surface area contributed by atoms with Crippen molar-refractivity contribution in [1.82, 2.24) is 4.57 Å². The molecule has 2 aromatic heterocycles. The Labute approximate surface area is 251 Å². The van der Waals surface area contributed by atoms with Gasteiger partial charge in [-0.05, 0) is 70.3 Å². The summed E-state index contributed by atoms with van der Waals surface area (Å²) >= 11 is 1.95. The van der Waals surface area contributed by atoms with Crippen molar-refractivity contribution < 1.29 is 0 Å². The maximum atomic E-state index is 2.49. The fraction of sp³-hybridized carbons (Fsp3) is 0.150. The van der Waals surface area contributed by atoms with Crippen LogP contribution >= 0.6 is 11.3 Å². The number of hydrogen-bond donors (Lipinski definition) is 0. The lowest BCUT2D eigenvalue weighted by Gasteiger charge is -2.18. The monoisotopic (exact) mass is 559 g/mol. The fourth-order valence-corrected chi connectivity index (χ4v) is 8.34. The second-order valence-corrected chi connectivity index (χ2v) is 13.2. The van der Waals surface area contributed by atoms with E-state index < -0.39 is 0 Å². The Morgan fingerprint density at radius 3 is 2.31 bits per heavy atom. The molecule has 42 heavy (non-hydrogen) atoms. The summed E-state index contributed by atoms with van der Waals surface area (Å²) in [6.07, 6.45) is 9.01. The Bertz CT molecular complexity index is 2200. The highest BCUT2D eigenvalue weighted by Crippen LogP contribution is 2.52. The molecule has 1 aliphatic rings. The topological polar surface area (TPSA) is 4.93 Å². The van der Waals surface area contributed by atoms with Crippen LogP contribution in [0.5, 0.6) is 0 Å². The van der Waals surface area contributed by atoms with Crippen LogP contribution in [0.3, 0.4) is 0 Å². The maximum absolute atomic E-state index is 2.49. The van der Waals surface area contributed by atoms with Crippen LogP contribution in [-0.4, -0.2) is 4.57 Å². The van der Waals surface area contributed by atoms with E-state index in [9.17, 15) is 0 Å². The number of fused-ring (bicyclic) bond motifs is 9. The van der Waals surface area contributed by atoms with E-state index in [1.807, 2.05) is 11.3 Å². The zero-order valence-corrected chi connectivity index (χ0v) is 25.1. The van der Waals surface area contributed by atoms with Gasteiger partial charge in [0.1, 0.15) is 0 Å². The van der Waals surface area contributed by atoms with Crippen LogP contribution in [-0.2, 0) is 5.41 Å². The predicted octanol–water partition coefficient (Wildman–Crippen LogP) is 11.8. The summed E-state index contributed by atoms with van der Waals surface area (Å²) in [5.74, 6) is 0. The summed E-state index contributed by atoms with van der Waals surface area (Å²) in [7, 11) is 0. The molecule has 2 heteroatoms. The number of hydrogen-bond acceptors (Lipinski definition) is 1. The van der Waals surface area contributed by atoms with Gasteiger partial charge in [-0.15, -0.1) is 11.3 Å². The lowest BCUT2D eigenvalue weighted by Crippen LogP contribution is -2.11. The van der Waals surface area contributed by atoms with E-state index in [0.717, 1.165) is 12.8 Å². The molecule has 1 aliphatic carbocycles. The van der Waals surface area contributed by atoms with E-state index in [-0.39, 0.29) is 5.41 Å². The molecule has 0 bridgehead atoms. The quantitative estimate of drug-likeness (QED) is 0.202. The number of thiophene rings is 1. The average Bonchev–Trinajstić information content (AvgIpc) is 3.65. The van der Waals surface area contributed by atoms with Crippen LogP contribution in [0.1, 0.15) is 44.7 Å². The van der Waals surface area contributed by atoms with Crippen molar-refractivity contribution in [3.8, 4) is 16.8 Å². The van der Waals surface area contributed by atoms with Crippen LogP contribution < -0.4 is 0 Å². The first-order valence-corrected chi connectivity index (χ1v) is 15.8. The number of rotatable bonds is 4. The van der Waals surface area contributed by atoms with Gasteiger partial charge in [0.15, 0.2) is 0 Å². The third kappa shape index (κ3) is 3.75. The molecule has 0 N–H and O–H groups in total. The molecule has 8 rings (SSSR count). The molecule has 7 aromatic rings. The van der Waals surface area contributed by atoms with E-state index in [1.54, 1.807) is 0 Å². The number of allylic oxidation sites excluding steroid dienone is 4. The molecule has 0 saturated heterocycles. The molecule has 5 aromatic carbocycles. The minimum Gasteiger partial charge on any atom is -0.308 e. The summed E-state index contributed by atoms with van der Waals surface area (Å²) in [6.45, 7) is 6.99. The summed E-state index contributed by atoms with van der Waals surface area (Å²) in [5.41, 5.74) is 10.8. The molecule has 0 unspecified atom stereocenters. The summed E-state index contributed by atoms with van der Waals surface area (Å²) in [6, 6.07) is 38.1. The number of nitrogens with zero attached hydrogens (tertiary/aromatic N) is 1. The van der Waals surface area contributed by atoms with E-state index in [1.165, 1.54) is 75.5 Å². The molecule has 0 radical (unpaired) electrons. The molecule has 1 nitrogen and oxygen atoms in total. The van der Waals surface area contributed by atoms with Gasteiger partial charge in [-0.1, -0.05) is 118 Å². The lowest BCUT2D eigenvalue weighted by atomic mass is 9.86. The molecule has 0 amide bonds. The highest BCUT2D eigenvalue weighted by molar-refractivity contribution is 7.26. The molecule has 204 valence electrons. The van der Waals surface area contributed by atoms with Crippen molar-refractivity contribution in [1.29, 1.82) is 0 Å². The zero-order valence-electron chi connectivity index (χ0n) is 24.3. The number of para-hydroxylation sites is 1. The summed E-state index contributed by atoms with van der Waals surface area (Å²) in [5, 5.41) is 5.41. The molecule has 2 heterocycles. The molecule has 0 atom stereocenters. The predicted molar refractivity (Wildman–Crippen MR) is 184 cm³/mol. The van der Waals surface area contributed by atoms with Crippen molar-refractivity contribution in [3.63, 3.8) is 0 Å². The molecular weight excluding hydrogens is 527 g/mol. The van der Waals surface area contributed by atoms with Crippen LogP contribution in [0.15, 0.2) is 121 Å². The largest absolute Gasteiger partial charge is 0.308 e. The molecule has 0 fully saturated rings. The highest BCUT2D eigenvalue weighted by Gasteiger charge is 2.35. The van der Waals surface area contributed by atoms with Crippen LogP contribution in [0.2, 0.25) is 0 Å². The van der Waals surface area contributed by atoms with Crippen LogP contribution in [0.4, 0.5) is 0 Å². The van der Waals surface area contributed by atoms with Gasteiger partial charge in [0.2, 0.25) is 0 Å². The lowest BCUT2D eigenvalue weighted by molar-refractivity contribution is 0.563. The van der Waals surface area contributed by atoms with Gasteiger partial charge >= 0.3 is 0 Å². The van der Waals surface area contributed by atoms with E-state index >= 15 is 0 Å². The zero-order chi connectivity index (χ0) is 28.4. The minimum absolute atomic E-state index is 0.128. The maximum Gasteiger partial charge on any atom is 0.0719 e. The van der Waals surface area contributed by atoms with Crippen LogP contribution in [0.25, 0.3) is 64.4 Å². The van der Waals surface area contributed by atoms with E-state index in [4.69, 9.17) is 0 Å². The Morgan fingerprint density at radius 1 is 0.762 bits per heavy atom. The van der Waals surface area contributed by atoms with Crippen molar-refractivity contribution in [2.24, 2.45) is 0 Å². The van der Waals surface area contributed by atoms with Gasteiger partial charge in [0.25, 0.3) is 0 Å². The first-order valence-electron chi connectivity index (χ1n) is 15.0. The molecule has 0 aliphatic heterocycles. The van der Waals surface area contributed by atoms with Gasteiger partial charge in [-0.3, -0.25) is 0 Å². The van der Waals surface area contributed by atoms with E-state index in [2.05, 4.69) is 147 Å². The Balaban J connectivity index is 1.43. The third-order valence-electron chi connectivity index (χ3n) is 9.02.